The lowest BCUT2D eigenvalue weighted by Crippen LogP contribution is -1.97. The molecule has 0 aliphatic carbocycles. The first-order valence-corrected chi connectivity index (χ1v) is 15.6. The Morgan fingerprint density at radius 2 is 1.14 bits per heavy atom. The molecule has 1 aliphatic heterocycles. The van der Waals surface area contributed by atoms with Gasteiger partial charge in [0.1, 0.15) is 11.5 Å². The fourth-order valence-electron chi connectivity index (χ4n) is 6.35. The van der Waals surface area contributed by atoms with Crippen molar-refractivity contribution in [3.63, 3.8) is 0 Å². The molecule has 0 saturated carbocycles. The molecule has 204 valence electrons. The average molecular weight is 577 g/mol. The van der Waals surface area contributed by atoms with Crippen LogP contribution >= 0.6 is 11.3 Å². The zero-order valence-electron chi connectivity index (χ0n) is 23.7. The number of benzene rings is 7. The Bertz CT molecular complexity index is 2480. The van der Waals surface area contributed by atoms with E-state index in [1.54, 1.807) is 0 Å². The van der Waals surface area contributed by atoms with Gasteiger partial charge in [-0.2, -0.15) is 0 Å². The summed E-state index contributed by atoms with van der Waals surface area (Å²) >= 11 is 1.83. The highest BCUT2D eigenvalue weighted by molar-refractivity contribution is 7.25. The van der Waals surface area contributed by atoms with Crippen LogP contribution in [0.2, 0.25) is 0 Å². The van der Waals surface area contributed by atoms with Crippen LogP contribution in [0.15, 0.2) is 146 Å². The minimum atomic E-state index is 0.897. The van der Waals surface area contributed by atoms with E-state index in [9.17, 15) is 0 Å². The van der Waals surface area contributed by atoms with Crippen molar-refractivity contribution in [2.24, 2.45) is 0 Å². The van der Waals surface area contributed by atoms with Gasteiger partial charge in [-0.15, -0.1) is 11.3 Å². The van der Waals surface area contributed by atoms with E-state index in [2.05, 4.69) is 157 Å². The highest BCUT2D eigenvalue weighted by atomic mass is 32.1. The van der Waals surface area contributed by atoms with Crippen molar-refractivity contribution in [1.29, 1.82) is 0 Å². The second kappa shape index (κ2) is 9.99. The Kier molecular flexibility index (Phi) is 5.66. The van der Waals surface area contributed by atoms with Crippen LogP contribution < -0.4 is 4.74 Å². The molecule has 44 heavy (non-hydrogen) atoms. The van der Waals surface area contributed by atoms with Gasteiger partial charge in [-0.3, -0.25) is 0 Å². The topological polar surface area (TPSA) is 9.23 Å². The number of fused-ring (bicyclic) bond motifs is 5. The summed E-state index contributed by atoms with van der Waals surface area (Å²) in [5.74, 6) is 8.63. The summed E-state index contributed by atoms with van der Waals surface area (Å²) in [4.78, 5) is 0. The Balaban J connectivity index is 1.04. The molecule has 0 unspecified atom stereocenters. The molecule has 1 aromatic heterocycles. The summed E-state index contributed by atoms with van der Waals surface area (Å²) in [6, 6.07) is 51.6. The molecular weight excluding hydrogens is 553 g/mol. The van der Waals surface area contributed by atoms with Crippen LogP contribution in [-0.2, 0) is 0 Å². The van der Waals surface area contributed by atoms with E-state index in [1.807, 2.05) is 11.3 Å². The number of rotatable bonds is 2. The van der Waals surface area contributed by atoms with Crippen LogP contribution in [0.3, 0.4) is 0 Å². The number of thiophene rings is 1. The zero-order valence-corrected chi connectivity index (χ0v) is 24.5. The van der Waals surface area contributed by atoms with Crippen molar-refractivity contribution >= 4 is 42.3 Å². The fourth-order valence-corrected chi connectivity index (χ4v) is 7.49. The van der Waals surface area contributed by atoms with Crippen LogP contribution in [0, 0.1) is 11.8 Å². The number of hydrogen-bond donors (Lipinski definition) is 0. The van der Waals surface area contributed by atoms with Gasteiger partial charge < -0.3 is 4.74 Å². The Labute approximate surface area is 259 Å². The maximum absolute atomic E-state index is 6.32. The van der Waals surface area contributed by atoms with E-state index in [4.69, 9.17) is 4.74 Å². The predicted molar refractivity (Wildman–Crippen MR) is 186 cm³/mol. The van der Waals surface area contributed by atoms with Gasteiger partial charge in [0.25, 0.3) is 0 Å². The first kappa shape index (κ1) is 24.9. The molecule has 0 atom stereocenters. The maximum atomic E-state index is 6.32. The van der Waals surface area contributed by atoms with E-state index < -0.39 is 0 Å². The van der Waals surface area contributed by atoms with Crippen LogP contribution in [-0.4, -0.2) is 0 Å². The molecule has 0 saturated heterocycles. The minimum Gasteiger partial charge on any atom is -0.456 e. The second-order valence-corrected chi connectivity index (χ2v) is 12.3. The minimum absolute atomic E-state index is 0.897. The third kappa shape index (κ3) is 4.18. The molecule has 1 nitrogen and oxygen atoms in total. The summed E-state index contributed by atoms with van der Waals surface area (Å²) in [7, 11) is 0. The molecule has 0 amide bonds. The van der Waals surface area contributed by atoms with E-state index in [0.29, 0.717) is 0 Å². The third-order valence-electron chi connectivity index (χ3n) is 8.48. The molecule has 2 heterocycles. The monoisotopic (exact) mass is 576 g/mol. The van der Waals surface area contributed by atoms with E-state index in [-0.39, 0.29) is 0 Å². The second-order valence-electron chi connectivity index (χ2n) is 11.2. The highest BCUT2D eigenvalue weighted by Gasteiger charge is 2.20. The Hall–Kier alpha value is -5.62. The van der Waals surface area contributed by atoms with Crippen molar-refractivity contribution < 1.29 is 4.74 Å². The van der Waals surface area contributed by atoms with Gasteiger partial charge in [-0.1, -0.05) is 103 Å². The lowest BCUT2D eigenvalue weighted by molar-refractivity contribution is 0.487. The van der Waals surface area contributed by atoms with Crippen molar-refractivity contribution in [1.82, 2.24) is 0 Å². The summed E-state index contributed by atoms with van der Waals surface area (Å²) in [5.41, 5.74) is 9.03. The lowest BCUT2D eigenvalue weighted by atomic mass is 9.91. The van der Waals surface area contributed by atoms with Crippen molar-refractivity contribution in [2.45, 2.75) is 0 Å². The Morgan fingerprint density at radius 3 is 2.02 bits per heavy atom. The van der Waals surface area contributed by atoms with Gasteiger partial charge in [-0.25, -0.2) is 0 Å². The average Bonchev–Trinajstić information content (AvgIpc) is 3.46. The first-order chi connectivity index (χ1) is 21.8. The molecule has 1 aliphatic rings. The summed E-state index contributed by atoms with van der Waals surface area (Å²) in [6.45, 7) is 0. The molecule has 0 fully saturated rings. The molecular formula is C42H24OS. The SMILES string of the molecule is C(#Cc1ccc2c(c1)sc1ccccc12)c1cccc(-c2cccc(-c3ccc4c(c3)-c3cccc5cccc(c35)O4)c2)c1. The summed E-state index contributed by atoms with van der Waals surface area (Å²) in [5, 5.41) is 4.98. The van der Waals surface area contributed by atoms with E-state index in [1.165, 1.54) is 47.6 Å². The first-order valence-electron chi connectivity index (χ1n) is 14.8. The maximum Gasteiger partial charge on any atom is 0.135 e. The van der Waals surface area contributed by atoms with Gasteiger partial charge >= 0.3 is 0 Å². The van der Waals surface area contributed by atoms with Gasteiger partial charge in [0.15, 0.2) is 0 Å². The van der Waals surface area contributed by atoms with Crippen LogP contribution in [0.1, 0.15) is 11.1 Å². The van der Waals surface area contributed by atoms with E-state index >= 15 is 0 Å². The largest absolute Gasteiger partial charge is 0.456 e. The molecule has 0 spiro atoms. The Morgan fingerprint density at radius 1 is 0.432 bits per heavy atom. The van der Waals surface area contributed by atoms with Crippen LogP contribution in [0.5, 0.6) is 11.5 Å². The highest BCUT2D eigenvalue weighted by Crippen LogP contribution is 2.47. The lowest BCUT2D eigenvalue weighted by Gasteiger charge is -2.22. The van der Waals surface area contributed by atoms with Crippen molar-refractivity contribution in [2.75, 3.05) is 0 Å². The van der Waals surface area contributed by atoms with Crippen molar-refractivity contribution in [3.8, 4) is 56.7 Å². The molecule has 0 N–H and O–H groups in total. The van der Waals surface area contributed by atoms with Gasteiger partial charge in [-0.05, 0) is 87.8 Å². The molecule has 0 bridgehead atoms. The molecule has 8 aromatic rings. The van der Waals surface area contributed by atoms with Crippen LogP contribution in [0.25, 0.3) is 64.3 Å². The van der Waals surface area contributed by atoms with Gasteiger partial charge in [0.05, 0.1) is 0 Å². The standard InChI is InChI=1S/C42H24OS/c1-2-16-40-34(13-1)35-21-19-28(24-41(35)44-40)18-17-27-7-3-10-30(23-27)31-11-4-12-32(25-31)33-20-22-38-37(26-33)36-14-5-8-29-9-6-15-39(43-38)42(29)36/h1-16,19-26H. The zero-order chi connectivity index (χ0) is 29.0. The van der Waals surface area contributed by atoms with Crippen molar-refractivity contribution in [3.05, 3.63) is 157 Å². The normalized spacial score (nSPS) is 11.6. The fraction of sp³-hybridized carbons (Fsp3) is 0. The number of ether oxygens (including phenoxy) is 1. The quantitative estimate of drug-likeness (QED) is 0.186. The molecule has 7 aromatic carbocycles. The molecule has 0 radical (unpaired) electrons. The molecule has 2 heteroatoms. The summed E-state index contributed by atoms with van der Waals surface area (Å²) in [6.07, 6.45) is 0. The number of hydrogen-bond acceptors (Lipinski definition) is 2. The van der Waals surface area contributed by atoms with Gasteiger partial charge in [0, 0.05) is 42.2 Å². The smallest absolute Gasteiger partial charge is 0.135 e. The predicted octanol–water partition coefficient (Wildman–Crippen LogP) is 11.7. The molecule has 9 rings (SSSR count). The van der Waals surface area contributed by atoms with E-state index in [0.717, 1.165) is 39.3 Å². The summed E-state index contributed by atoms with van der Waals surface area (Å²) < 4.78 is 8.91. The third-order valence-corrected chi connectivity index (χ3v) is 9.61. The van der Waals surface area contributed by atoms with Gasteiger partial charge in [0.2, 0.25) is 0 Å². The van der Waals surface area contributed by atoms with Crippen LogP contribution in [0.4, 0.5) is 0 Å².